The Morgan fingerprint density at radius 2 is 1.27 bits per heavy atom. The van der Waals surface area contributed by atoms with Crippen LogP contribution in [0.5, 0.6) is 11.5 Å². The summed E-state index contributed by atoms with van der Waals surface area (Å²) >= 11 is 0. The van der Waals surface area contributed by atoms with Crippen LogP contribution in [-0.4, -0.2) is 80.5 Å². The van der Waals surface area contributed by atoms with Gasteiger partial charge in [-0.15, -0.1) is 0 Å². The van der Waals surface area contributed by atoms with Crippen LogP contribution in [0.2, 0.25) is 0 Å². The summed E-state index contributed by atoms with van der Waals surface area (Å²) in [6.45, 7) is 9.29. The Hall–Kier alpha value is -5.33. The molecular weight excluding hydrogens is 902 g/mol. The summed E-state index contributed by atoms with van der Waals surface area (Å²) in [6, 6.07) is 22.7. The minimum Gasteiger partial charge on any atom is -0.462 e. The molecule has 1 saturated carbocycles. The number of hydrogen-bond acceptors (Lipinski definition) is 15. The van der Waals surface area contributed by atoms with Gasteiger partial charge in [0.2, 0.25) is 6.23 Å². The van der Waals surface area contributed by atoms with E-state index in [4.69, 9.17) is 32.3 Å². The molecule has 18 nitrogen and oxygen atoms in total. The minimum absolute atomic E-state index is 0.0171. The molecule has 2 fully saturated rings. The van der Waals surface area contributed by atoms with E-state index in [1.54, 1.807) is 64.1 Å². The number of benzene rings is 3. The van der Waals surface area contributed by atoms with Gasteiger partial charge >= 0.3 is 33.4 Å². The number of carbonyl (C=O) groups excluding carboxylic acids is 2. The fraction of sp³-hybridized carbons (Fsp3) is 0.432. The van der Waals surface area contributed by atoms with E-state index < -0.39 is 94.0 Å². The Morgan fingerprint density at radius 3 is 1.80 bits per heavy atom. The van der Waals surface area contributed by atoms with Gasteiger partial charge < -0.3 is 28.6 Å². The Morgan fingerprint density at radius 1 is 0.758 bits per heavy atom. The molecule has 354 valence electrons. The van der Waals surface area contributed by atoms with Crippen molar-refractivity contribution >= 4 is 44.4 Å². The molecule has 0 amide bonds. The van der Waals surface area contributed by atoms with Crippen LogP contribution >= 0.6 is 15.5 Å². The van der Waals surface area contributed by atoms with Crippen LogP contribution in [0.25, 0.3) is 11.2 Å². The van der Waals surface area contributed by atoms with Gasteiger partial charge in [-0.25, -0.2) is 32.9 Å². The predicted octanol–water partition coefficient (Wildman–Crippen LogP) is 8.24. The van der Waals surface area contributed by atoms with Crippen LogP contribution in [0, 0.1) is 11.3 Å². The fourth-order valence-corrected chi connectivity index (χ4v) is 10.9. The third kappa shape index (κ3) is 10.1. The zero-order valence-electron chi connectivity index (χ0n) is 37.3. The topological polar surface area (TPSA) is 213 Å². The normalized spacial score (nSPS) is 23.6. The molecule has 8 atom stereocenters. The molecule has 3 heterocycles. The maximum Gasteiger partial charge on any atom is 0.459 e. The molecule has 3 aromatic carbocycles. The molecule has 0 radical (unpaired) electrons. The van der Waals surface area contributed by atoms with Crippen LogP contribution in [0.1, 0.15) is 60.3 Å². The van der Waals surface area contributed by atoms with E-state index in [0.717, 1.165) is 16.5 Å². The predicted molar refractivity (Wildman–Crippen MR) is 237 cm³/mol. The van der Waals surface area contributed by atoms with Gasteiger partial charge in [0.25, 0.3) is 0 Å². The lowest BCUT2D eigenvalue weighted by Crippen LogP contribution is -2.42. The van der Waals surface area contributed by atoms with Gasteiger partial charge in [-0.3, -0.25) is 23.2 Å². The van der Waals surface area contributed by atoms with Crippen molar-refractivity contribution in [2.24, 2.45) is 11.3 Å². The largest absolute Gasteiger partial charge is 0.462 e. The number of fused-ring (bicyclic) bond motifs is 2. The highest BCUT2D eigenvalue weighted by Crippen LogP contribution is 2.80. The van der Waals surface area contributed by atoms with Crippen LogP contribution in [0.4, 0.5) is 14.6 Å². The van der Waals surface area contributed by atoms with Gasteiger partial charge in [0, 0.05) is 12.5 Å². The maximum absolute atomic E-state index is 17.9. The van der Waals surface area contributed by atoms with Crippen molar-refractivity contribution in [3.05, 3.63) is 109 Å². The number of imidazole rings is 1. The van der Waals surface area contributed by atoms with E-state index in [1.807, 2.05) is 30.3 Å². The highest BCUT2D eigenvalue weighted by atomic mass is 31.2. The smallest absolute Gasteiger partial charge is 0.459 e. The quantitative estimate of drug-likeness (QED) is 0.0440. The summed E-state index contributed by atoms with van der Waals surface area (Å²) in [5, 5.41) is 8.31. The SMILES string of the molecule is CC(C)OC(=O)[C@H](C)NP(=O)(OC[C@H]1C2(C)O[C@@H](n3cnc4c(NCc5ccccc5)ncnc43)C(F)(F)C12COP(=O)(N[C@@H](C)C(=O)OC(C)C)Oc1ccccc1)Oc1ccccc1. The lowest BCUT2D eigenvalue weighted by molar-refractivity contribution is -0.178. The molecule has 22 heteroatoms. The molecule has 3 N–H and O–H groups in total. The number of nitrogens with one attached hydrogen (secondary N) is 3. The van der Waals surface area contributed by atoms with Crippen LogP contribution in [0.3, 0.4) is 0 Å². The third-order valence-electron chi connectivity index (χ3n) is 11.2. The van der Waals surface area contributed by atoms with Crippen LogP contribution < -0.4 is 24.5 Å². The van der Waals surface area contributed by atoms with Gasteiger partial charge in [-0.05, 0) is 78.3 Å². The van der Waals surface area contributed by atoms with Crippen molar-refractivity contribution in [1.82, 2.24) is 29.7 Å². The van der Waals surface area contributed by atoms with Gasteiger partial charge in [0.05, 0.1) is 42.8 Å². The van der Waals surface area contributed by atoms with Crippen molar-refractivity contribution in [3.63, 3.8) is 0 Å². The number of aromatic nitrogens is 4. The third-order valence-corrected chi connectivity index (χ3v) is 14.4. The zero-order valence-corrected chi connectivity index (χ0v) is 39.1. The summed E-state index contributed by atoms with van der Waals surface area (Å²) < 4.78 is 107. The number of ether oxygens (including phenoxy) is 3. The van der Waals surface area contributed by atoms with E-state index in [9.17, 15) is 18.7 Å². The Bertz CT molecular complexity index is 2580. The number of carbonyl (C=O) groups is 2. The highest BCUT2D eigenvalue weighted by molar-refractivity contribution is 7.52. The summed E-state index contributed by atoms with van der Waals surface area (Å²) in [6.07, 6.45) is -0.747. The van der Waals surface area contributed by atoms with E-state index >= 15 is 8.78 Å². The number of nitrogens with zero attached hydrogens (tertiary/aromatic N) is 4. The molecule has 0 bridgehead atoms. The minimum atomic E-state index is -4.75. The lowest BCUT2D eigenvalue weighted by atomic mass is 9.94. The number of esters is 2. The molecule has 0 spiro atoms. The Kier molecular flexibility index (Phi) is 14.3. The van der Waals surface area contributed by atoms with Crippen molar-refractivity contribution in [3.8, 4) is 11.5 Å². The van der Waals surface area contributed by atoms with Crippen LogP contribution in [0.15, 0.2) is 104 Å². The summed E-state index contributed by atoms with van der Waals surface area (Å²) in [7, 11) is -9.34. The highest BCUT2D eigenvalue weighted by Gasteiger charge is 2.92. The second-order valence-corrected chi connectivity index (χ2v) is 20.0. The molecule has 2 aromatic heterocycles. The number of halogens is 2. The van der Waals surface area contributed by atoms with E-state index in [2.05, 4.69) is 30.4 Å². The second-order valence-electron chi connectivity index (χ2n) is 16.7. The number of anilines is 1. The van der Waals surface area contributed by atoms with Crippen molar-refractivity contribution in [2.75, 3.05) is 18.5 Å². The summed E-state index contributed by atoms with van der Waals surface area (Å²) in [4.78, 5) is 38.8. The Balaban J connectivity index is 1.23. The van der Waals surface area contributed by atoms with Gasteiger partial charge in [-0.1, -0.05) is 66.7 Å². The Labute approximate surface area is 380 Å². The average molecular weight is 956 g/mol. The van der Waals surface area contributed by atoms with Crippen molar-refractivity contribution < 1.29 is 59.8 Å². The first kappa shape index (κ1) is 48.6. The second kappa shape index (κ2) is 19.5. The first-order valence-corrected chi connectivity index (χ1v) is 24.3. The van der Waals surface area contributed by atoms with E-state index in [-0.39, 0.29) is 28.5 Å². The number of alkyl halides is 2. The number of hydrogen-bond donors (Lipinski definition) is 3. The van der Waals surface area contributed by atoms with E-state index in [1.165, 1.54) is 51.4 Å². The fourth-order valence-electron chi connectivity index (χ4n) is 7.87. The van der Waals surface area contributed by atoms with Crippen LogP contribution in [-0.2, 0) is 48.5 Å². The monoisotopic (exact) mass is 955 g/mol. The maximum atomic E-state index is 17.9. The molecule has 1 saturated heterocycles. The number of para-hydroxylation sites is 2. The molecule has 5 aromatic rings. The van der Waals surface area contributed by atoms with Crippen molar-refractivity contribution in [2.45, 2.75) is 97.1 Å². The first-order chi connectivity index (χ1) is 31.3. The zero-order chi connectivity index (χ0) is 47.5. The molecular formula is C44H53F2N7O11P2. The molecule has 4 unspecified atom stereocenters. The molecule has 66 heavy (non-hydrogen) atoms. The van der Waals surface area contributed by atoms with Gasteiger partial charge in [-0.2, -0.15) is 10.2 Å². The van der Waals surface area contributed by atoms with Crippen molar-refractivity contribution in [1.29, 1.82) is 0 Å². The molecule has 1 aliphatic carbocycles. The molecule has 2 aliphatic rings. The van der Waals surface area contributed by atoms with Gasteiger partial charge in [0.15, 0.2) is 17.0 Å². The standard InChI is InChI=1S/C44H53F2N7O11P2/c1-28(2)60-39(54)30(5)51-65(56,63-33-19-13-9-14-20-33)58-24-35-42(7)43(35,25-59-66(57,64-34-21-15-10-16-22-34)52-31(6)40(55)61-29(3)4)44(45,46)41(62-42)53-27-50-36-37(48-26-49-38(36)53)47-23-32-17-11-8-12-18-32/h8-22,26-31,35,41H,23-25H2,1-7H3,(H,51,56)(H,52,57)(H,47,48,49)/t30-,31-,35-,41+,42?,43?,65?,66?/m0/s1. The van der Waals surface area contributed by atoms with E-state index in [0.29, 0.717) is 6.54 Å². The first-order valence-electron chi connectivity index (χ1n) is 21.3. The average Bonchev–Trinajstić information content (AvgIpc) is 3.45. The number of rotatable bonds is 22. The lowest BCUT2D eigenvalue weighted by Gasteiger charge is -2.31. The summed E-state index contributed by atoms with van der Waals surface area (Å²) in [5.74, 6) is -6.46. The molecule has 7 rings (SSSR count). The van der Waals surface area contributed by atoms with Gasteiger partial charge in [0.1, 0.15) is 29.9 Å². The summed E-state index contributed by atoms with van der Waals surface area (Å²) in [5.41, 5.74) is -3.15. The molecule has 1 aliphatic heterocycles.